The van der Waals surface area contributed by atoms with E-state index in [9.17, 15) is 5.11 Å². The molecule has 0 spiro atoms. The highest BCUT2D eigenvalue weighted by molar-refractivity contribution is 5.45. The van der Waals surface area contributed by atoms with Gasteiger partial charge in [-0.05, 0) is 32.4 Å². The number of nitrogen functional groups attached to an aromatic ring is 1. The van der Waals surface area contributed by atoms with Gasteiger partial charge >= 0.3 is 0 Å². The molecule has 0 radical (unpaired) electrons. The van der Waals surface area contributed by atoms with E-state index >= 15 is 0 Å². The summed E-state index contributed by atoms with van der Waals surface area (Å²) in [6.45, 7) is 6.48. The average Bonchev–Trinajstić information content (AvgIpc) is 2.28. The zero-order chi connectivity index (χ0) is 12.8. The van der Waals surface area contributed by atoms with Crippen LogP contribution in [0.3, 0.4) is 0 Å². The summed E-state index contributed by atoms with van der Waals surface area (Å²) in [6, 6.07) is 1.80. The molecule has 1 rings (SSSR count). The van der Waals surface area contributed by atoms with Crippen LogP contribution in [0.2, 0.25) is 0 Å². The number of aryl methyl sites for hydroxylation is 1. The summed E-state index contributed by atoms with van der Waals surface area (Å²) in [6.07, 6.45) is -0.0316. The topological polar surface area (TPSA) is 77.6 Å². The van der Waals surface area contributed by atoms with Crippen LogP contribution in [0.1, 0.15) is 31.1 Å². The summed E-state index contributed by atoms with van der Waals surface area (Å²) in [5.41, 5.74) is 7.21. The van der Waals surface area contributed by atoms with Crippen molar-refractivity contribution in [2.75, 3.05) is 18.9 Å². The van der Waals surface area contributed by atoms with Crippen LogP contribution in [0.5, 0.6) is 0 Å². The molecule has 3 N–H and O–H groups in total. The molecule has 0 fully saturated rings. The van der Waals surface area contributed by atoms with Gasteiger partial charge in [0.15, 0.2) is 6.29 Å². The molecule has 0 aliphatic heterocycles. The number of nitrogens with two attached hydrogens (primary N) is 1. The van der Waals surface area contributed by atoms with Gasteiger partial charge in [-0.1, -0.05) is 0 Å². The maximum Gasteiger partial charge on any atom is 0.187 e. The van der Waals surface area contributed by atoms with E-state index in [2.05, 4.69) is 4.98 Å². The van der Waals surface area contributed by atoms with Gasteiger partial charge in [0.1, 0.15) is 11.9 Å². The van der Waals surface area contributed by atoms with E-state index in [0.29, 0.717) is 24.6 Å². The average molecular weight is 240 g/mol. The molecule has 0 aliphatic carbocycles. The molecule has 0 saturated carbocycles. The first kappa shape index (κ1) is 13.9. The zero-order valence-corrected chi connectivity index (χ0v) is 10.5. The summed E-state index contributed by atoms with van der Waals surface area (Å²) in [4.78, 5) is 3.97. The fourth-order valence-corrected chi connectivity index (χ4v) is 1.67. The van der Waals surface area contributed by atoms with Gasteiger partial charge in [0.05, 0.1) is 0 Å². The first-order chi connectivity index (χ1) is 8.11. The van der Waals surface area contributed by atoms with Gasteiger partial charge < -0.3 is 20.3 Å². The zero-order valence-electron chi connectivity index (χ0n) is 10.5. The van der Waals surface area contributed by atoms with E-state index in [-0.39, 0.29) is 0 Å². The summed E-state index contributed by atoms with van der Waals surface area (Å²) in [5.74, 6) is 0.307. The highest BCUT2D eigenvalue weighted by atomic mass is 16.7. The molecule has 17 heavy (non-hydrogen) atoms. The molecule has 5 nitrogen and oxygen atoms in total. The van der Waals surface area contributed by atoms with E-state index in [1.807, 2.05) is 20.8 Å². The second-order valence-electron chi connectivity index (χ2n) is 3.65. The standard InChI is InChI=1S/C12H20N2O3/c1-4-16-12(17-5-2)10(15)9-8(3)6-7-14-11(9)13/h6-7,10,12,15H,4-5H2,1-3H3,(H2,13,14). The number of aliphatic hydroxyl groups is 1. The van der Waals surface area contributed by atoms with Crippen molar-refractivity contribution in [3.63, 3.8) is 0 Å². The van der Waals surface area contributed by atoms with Crippen molar-refractivity contribution in [2.24, 2.45) is 0 Å². The van der Waals surface area contributed by atoms with Gasteiger partial charge in [-0.3, -0.25) is 0 Å². The molecule has 1 atom stereocenters. The minimum atomic E-state index is -0.927. The van der Waals surface area contributed by atoms with Crippen LogP contribution in [0.4, 0.5) is 5.82 Å². The van der Waals surface area contributed by atoms with Gasteiger partial charge in [0, 0.05) is 25.0 Å². The lowest BCUT2D eigenvalue weighted by molar-refractivity contribution is -0.191. The molecule has 5 heteroatoms. The molecule has 1 heterocycles. The third kappa shape index (κ3) is 3.39. The molecule has 0 aliphatic rings. The molecule has 1 aromatic rings. The molecule has 0 amide bonds. The smallest absolute Gasteiger partial charge is 0.187 e. The number of ether oxygens (including phenoxy) is 2. The van der Waals surface area contributed by atoms with Gasteiger partial charge in [0.25, 0.3) is 0 Å². The van der Waals surface area contributed by atoms with Crippen LogP contribution in [-0.2, 0) is 9.47 Å². The van der Waals surface area contributed by atoms with Gasteiger partial charge in [0.2, 0.25) is 0 Å². The summed E-state index contributed by atoms with van der Waals surface area (Å²) in [7, 11) is 0. The van der Waals surface area contributed by atoms with Crippen LogP contribution in [-0.4, -0.2) is 29.6 Å². The SMILES string of the molecule is CCOC(OCC)C(O)c1c(C)ccnc1N. The Morgan fingerprint density at radius 1 is 1.35 bits per heavy atom. The predicted octanol–water partition coefficient (Wildman–Crippen LogP) is 1.40. The largest absolute Gasteiger partial charge is 0.383 e. The lowest BCUT2D eigenvalue weighted by atomic mass is 10.0. The first-order valence-electron chi connectivity index (χ1n) is 5.74. The van der Waals surface area contributed by atoms with E-state index in [1.165, 1.54) is 0 Å². The van der Waals surface area contributed by atoms with Gasteiger partial charge in [-0.2, -0.15) is 0 Å². The predicted molar refractivity (Wildman–Crippen MR) is 65.4 cm³/mol. The maximum atomic E-state index is 10.2. The van der Waals surface area contributed by atoms with Crippen molar-refractivity contribution in [1.82, 2.24) is 4.98 Å². The molecular formula is C12H20N2O3. The number of aromatic nitrogens is 1. The number of nitrogens with zero attached hydrogens (tertiary/aromatic N) is 1. The monoisotopic (exact) mass is 240 g/mol. The Labute approximate surface area is 102 Å². The second-order valence-corrected chi connectivity index (χ2v) is 3.65. The Balaban J connectivity index is 2.95. The number of hydrogen-bond donors (Lipinski definition) is 2. The molecule has 0 aromatic carbocycles. The minimum Gasteiger partial charge on any atom is -0.383 e. The van der Waals surface area contributed by atoms with Crippen molar-refractivity contribution in [3.05, 3.63) is 23.4 Å². The summed E-state index contributed by atoms with van der Waals surface area (Å²) < 4.78 is 10.7. The third-order valence-electron chi connectivity index (χ3n) is 2.45. The number of hydrogen-bond acceptors (Lipinski definition) is 5. The number of aliphatic hydroxyl groups excluding tert-OH is 1. The van der Waals surface area contributed by atoms with Crippen LogP contribution in [0.25, 0.3) is 0 Å². The highest BCUT2D eigenvalue weighted by Crippen LogP contribution is 2.27. The molecular weight excluding hydrogens is 220 g/mol. The van der Waals surface area contributed by atoms with Crippen LogP contribution in [0.15, 0.2) is 12.3 Å². The molecule has 0 bridgehead atoms. The Bertz CT molecular complexity index is 331. The van der Waals surface area contributed by atoms with E-state index in [4.69, 9.17) is 15.2 Å². The minimum absolute atomic E-state index is 0.307. The number of pyridine rings is 1. The van der Waals surface area contributed by atoms with Crippen molar-refractivity contribution in [3.8, 4) is 0 Å². The lowest BCUT2D eigenvalue weighted by Gasteiger charge is -2.24. The van der Waals surface area contributed by atoms with Crippen molar-refractivity contribution in [1.29, 1.82) is 0 Å². The third-order valence-corrected chi connectivity index (χ3v) is 2.45. The Morgan fingerprint density at radius 2 is 1.94 bits per heavy atom. The van der Waals surface area contributed by atoms with Crippen LogP contribution < -0.4 is 5.73 Å². The van der Waals surface area contributed by atoms with Crippen LogP contribution >= 0.6 is 0 Å². The molecule has 1 unspecified atom stereocenters. The normalized spacial score (nSPS) is 13.0. The van der Waals surface area contributed by atoms with E-state index in [0.717, 1.165) is 5.56 Å². The lowest BCUT2D eigenvalue weighted by Crippen LogP contribution is -2.27. The Morgan fingerprint density at radius 3 is 2.41 bits per heavy atom. The second kappa shape index (κ2) is 6.54. The first-order valence-corrected chi connectivity index (χ1v) is 5.74. The van der Waals surface area contributed by atoms with Crippen molar-refractivity contribution >= 4 is 5.82 Å². The van der Waals surface area contributed by atoms with E-state index < -0.39 is 12.4 Å². The van der Waals surface area contributed by atoms with Crippen LogP contribution in [0, 0.1) is 6.92 Å². The van der Waals surface area contributed by atoms with E-state index in [1.54, 1.807) is 12.3 Å². The van der Waals surface area contributed by atoms with Gasteiger partial charge in [-0.15, -0.1) is 0 Å². The summed E-state index contributed by atoms with van der Waals surface area (Å²) >= 11 is 0. The Hall–Kier alpha value is -1.17. The number of rotatable bonds is 6. The van der Waals surface area contributed by atoms with Crippen molar-refractivity contribution in [2.45, 2.75) is 33.2 Å². The fraction of sp³-hybridized carbons (Fsp3) is 0.583. The number of anilines is 1. The molecule has 1 aromatic heterocycles. The molecule has 0 saturated heterocycles. The fourth-order valence-electron chi connectivity index (χ4n) is 1.67. The maximum absolute atomic E-state index is 10.2. The molecule has 96 valence electrons. The van der Waals surface area contributed by atoms with Crippen molar-refractivity contribution < 1.29 is 14.6 Å². The van der Waals surface area contributed by atoms with Gasteiger partial charge in [-0.25, -0.2) is 4.98 Å². The highest BCUT2D eigenvalue weighted by Gasteiger charge is 2.25. The summed E-state index contributed by atoms with van der Waals surface area (Å²) in [5, 5.41) is 10.2. The quantitative estimate of drug-likeness (QED) is 0.735. The Kier molecular flexibility index (Phi) is 5.34.